The van der Waals surface area contributed by atoms with Crippen LogP contribution in [0.4, 0.5) is 0 Å². The highest BCUT2D eigenvalue weighted by molar-refractivity contribution is 5.03. The third-order valence-electron chi connectivity index (χ3n) is 4.14. The molecule has 108 valence electrons. The molecule has 1 aromatic rings. The molecule has 0 radical (unpaired) electrons. The van der Waals surface area contributed by atoms with E-state index in [0.29, 0.717) is 18.5 Å². The maximum Gasteiger partial charge on any atom is 0.240 e. The van der Waals surface area contributed by atoms with Crippen LogP contribution in [0.5, 0.6) is 0 Å². The van der Waals surface area contributed by atoms with Crippen molar-refractivity contribution in [2.24, 2.45) is 0 Å². The highest BCUT2D eigenvalue weighted by atomic mass is 16.5. The molecule has 0 spiro atoms. The zero-order valence-electron chi connectivity index (χ0n) is 12.2. The van der Waals surface area contributed by atoms with Crippen LogP contribution in [0, 0.1) is 0 Å². The fourth-order valence-electron chi connectivity index (χ4n) is 2.56. The topological polar surface area (TPSA) is 60.2 Å². The maximum absolute atomic E-state index is 5.72. The van der Waals surface area contributed by atoms with E-state index in [1.54, 1.807) is 7.11 Å². The van der Waals surface area contributed by atoms with Gasteiger partial charge in [-0.1, -0.05) is 31.3 Å². The molecule has 5 heteroatoms. The van der Waals surface area contributed by atoms with Crippen LogP contribution < -0.4 is 5.32 Å². The average molecular weight is 267 g/mol. The van der Waals surface area contributed by atoms with Crippen molar-refractivity contribution in [2.45, 2.75) is 70.6 Å². The fourth-order valence-corrected chi connectivity index (χ4v) is 2.56. The molecule has 1 aliphatic carbocycles. The van der Waals surface area contributed by atoms with Gasteiger partial charge in [-0.3, -0.25) is 0 Å². The van der Waals surface area contributed by atoms with E-state index in [1.807, 2.05) is 0 Å². The van der Waals surface area contributed by atoms with Gasteiger partial charge in [0, 0.05) is 13.2 Å². The summed E-state index contributed by atoms with van der Waals surface area (Å²) >= 11 is 0. The van der Waals surface area contributed by atoms with Crippen LogP contribution >= 0.6 is 0 Å². The second-order valence-electron chi connectivity index (χ2n) is 5.46. The van der Waals surface area contributed by atoms with Gasteiger partial charge in [-0.25, -0.2) is 0 Å². The van der Waals surface area contributed by atoms with E-state index in [0.717, 1.165) is 25.1 Å². The van der Waals surface area contributed by atoms with Crippen LogP contribution in [0.15, 0.2) is 4.52 Å². The van der Waals surface area contributed by atoms with Crippen molar-refractivity contribution >= 4 is 0 Å². The number of methoxy groups -OCH3 is 1. The van der Waals surface area contributed by atoms with Crippen LogP contribution in [0.2, 0.25) is 0 Å². The van der Waals surface area contributed by atoms with Gasteiger partial charge in [0.25, 0.3) is 0 Å². The normalized spacial score (nSPS) is 20.4. The Morgan fingerprint density at radius 3 is 2.74 bits per heavy atom. The van der Waals surface area contributed by atoms with Crippen molar-refractivity contribution in [3.63, 3.8) is 0 Å². The van der Waals surface area contributed by atoms with Gasteiger partial charge in [0.05, 0.1) is 6.54 Å². The van der Waals surface area contributed by atoms with Gasteiger partial charge in [0.2, 0.25) is 11.7 Å². The Hall–Kier alpha value is -0.940. The Morgan fingerprint density at radius 1 is 1.37 bits per heavy atom. The van der Waals surface area contributed by atoms with Gasteiger partial charge in [0.15, 0.2) is 0 Å². The Balaban J connectivity index is 2.02. The molecule has 1 saturated carbocycles. The first-order chi connectivity index (χ1) is 9.20. The van der Waals surface area contributed by atoms with Gasteiger partial charge in [-0.2, -0.15) is 4.98 Å². The second-order valence-corrected chi connectivity index (χ2v) is 5.46. The summed E-state index contributed by atoms with van der Waals surface area (Å²) in [5, 5.41) is 7.49. The number of rotatable bonds is 6. The van der Waals surface area contributed by atoms with Crippen LogP contribution in [0.25, 0.3) is 0 Å². The lowest BCUT2D eigenvalue weighted by molar-refractivity contribution is -0.0527. The van der Waals surface area contributed by atoms with Crippen molar-refractivity contribution in [3.05, 3.63) is 11.7 Å². The third-order valence-corrected chi connectivity index (χ3v) is 4.14. The van der Waals surface area contributed by atoms with E-state index in [1.165, 1.54) is 19.3 Å². The molecular weight excluding hydrogens is 242 g/mol. The highest BCUT2D eigenvalue weighted by Gasteiger charge is 2.38. The molecular formula is C14H25N3O2. The number of ether oxygens (including phenoxy) is 1. The first-order valence-corrected chi connectivity index (χ1v) is 7.32. The van der Waals surface area contributed by atoms with E-state index in [-0.39, 0.29) is 5.60 Å². The minimum Gasteiger partial charge on any atom is -0.370 e. The second kappa shape index (κ2) is 6.48. The largest absolute Gasteiger partial charge is 0.370 e. The zero-order valence-corrected chi connectivity index (χ0v) is 12.2. The molecule has 1 N–H and O–H groups in total. The maximum atomic E-state index is 5.72. The number of hydrogen-bond acceptors (Lipinski definition) is 5. The molecule has 0 aromatic carbocycles. The van der Waals surface area contributed by atoms with Crippen molar-refractivity contribution in [2.75, 3.05) is 7.11 Å². The predicted molar refractivity (Wildman–Crippen MR) is 72.7 cm³/mol. The monoisotopic (exact) mass is 267 g/mol. The lowest BCUT2D eigenvalue weighted by atomic mass is 9.84. The van der Waals surface area contributed by atoms with E-state index in [9.17, 15) is 0 Å². The third kappa shape index (κ3) is 3.34. The summed E-state index contributed by atoms with van der Waals surface area (Å²) < 4.78 is 11.1. The SMILES string of the molecule is CCC(C)NCc1nc(C2(OC)CCCCC2)no1. The average Bonchev–Trinajstić information content (AvgIpc) is 2.95. The molecule has 2 rings (SSSR count). The molecule has 0 amide bonds. The van der Waals surface area contributed by atoms with Crippen molar-refractivity contribution in [3.8, 4) is 0 Å². The molecule has 0 bridgehead atoms. The standard InChI is InChI=1S/C14H25N3O2/c1-4-11(2)15-10-12-16-13(17-19-12)14(18-3)8-6-5-7-9-14/h11,15H,4-10H2,1-3H3. The molecule has 1 aliphatic rings. The van der Waals surface area contributed by atoms with E-state index >= 15 is 0 Å². The Labute approximate surface area is 115 Å². The Morgan fingerprint density at radius 2 is 2.11 bits per heavy atom. The molecule has 1 aromatic heterocycles. The summed E-state index contributed by atoms with van der Waals surface area (Å²) in [7, 11) is 1.75. The molecule has 1 heterocycles. The Kier molecular flexibility index (Phi) is 4.93. The van der Waals surface area contributed by atoms with Crippen molar-refractivity contribution < 1.29 is 9.26 Å². The fraction of sp³-hybridized carbons (Fsp3) is 0.857. The number of nitrogens with one attached hydrogen (secondary N) is 1. The lowest BCUT2D eigenvalue weighted by Gasteiger charge is -2.32. The van der Waals surface area contributed by atoms with Gasteiger partial charge < -0.3 is 14.6 Å². The minimum atomic E-state index is -0.323. The van der Waals surface area contributed by atoms with E-state index in [4.69, 9.17) is 9.26 Å². The number of aromatic nitrogens is 2. The molecule has 1 atom stereocenters. The van der Waals surface area contributed by atoms with Gasteiger partial charge in [0.1, 0.15) is 5.60 Å². The number of hydrogen-bond donors (Lipinski definition) is 1. The van der Waals surface area contributed by atoms with Crippen molar-refractivity contribution in [1.29, 1.82) is 0 Å². The quantitative estimate of drug-likeness (QED) is 0.858. The molecule has 19 heavy (non-hydrogen) atoms. The highest BCUT2D eigenvalue weighted by Crippen LogP contribution is 2.38. The van der Waals surface area contributed by atoms with Crippen LogP contribution in [-0.4, -0.2) is 23.3 Å². The van der Waals surface area contributed by atoms with Gasteiger partial charge >= 0.3 is 0 Å². The first-order valence-electron chi connectivity index (χ1n) is 7.32. The zero-order chi connectivity index (χ0) is 13.7. The van der Waals surface area contributed by atoms with Crippen LogP contribution in [0.3, 0.4) is 0 Å². The van der Waals surface area contributed by atoms with Crippen molar-refractivity contribution in [1.82, 2.24) is 15.5 Å². The van der Waals surface area contributed by atoms with Gasteiger partial charge in [-0.15, -0.1) is 0 Å². The summed E-state index contributed by atoms with van der Waals surface area (Å²) in [4.78, 5) is 4.52. The summed E-state index contributed by atoms with van der Waals surface area (Å²) in [6, 6.07) is 0.460. The lowest BCUT2D eigenvalue weighted by Crippen LogP contribution is -2.32. The minimum absolute atomic E-state index is 0.323. The summed E-state index contributed by atoms with van der Waals surface area (Å²) in [6.07, 6.45) is 6.67. The van der Waals surface area contributed by atoms with Crippen LogP contribution in [-0.2, 0) is 16.9 Å². The predicted octanol–water partition coefficient (Wildman–Crippen LogP) is 2.76. The molecule has 0 aliphatic heterocycles. The van der Waals surface area contributed by atoms with Crippen LogP contribution in [0.1, 0.15) is 64.1 Å². The first kappa shape index (κ1) is 14.5. The summed E-state index contributed by atoms with van der Waals surface area (Å²) in [6.45, 7) is 4.93. The summed E-state index contributed by atoms with van der Waals surface area (Å²) in [5.74, 6) is 1.37. The van der Waals surface area contributed by atoms with Gasteiger partial charge in [-0.05, 0) is 26.2 Å². The molecule has 1 fully saturated rings. The summed E-state index contributed by atoms with van der Waals surface area (Å²) in [5.41, 5.74) is -0.323. The number of nitrogens with zero attached hydrogens (tertiary/aromatic N) is 2. The molecule has 5 nitrogen and oxygen atoms in total. The molecule has 1 unspecified atom stereocenters. The smallest absolute Gasteiger partial charge is 0.240 e. The van der Waals surface area contributed by atoms with E-state index in [2.05, 4.69) is 29.3 Å². The Bertz CT molecular complexity index is 386. The van der Waals surface area contributed by atoms with E-state index < -0.39 is 0 Å². The molecule has 0 saturated heterocycles.